The van der Waals surface area contributed by atoms with E-state index in [1.165, 1.54) is 11.8 Å². The van der Waals surface area contributed by atoms with E-state index in [9.17, 15) is 9.59 Å². The number of rotatable bonds is 13. The van der Waals surface area contributed by atoms with Crippen molar-refractivity contribution in [2.45, 2.75) is 89.1 Å². The average molecular weight is 616 g/mol. The molecule has 0 spiro atoms. The zero-order valence-electron chi connectivity index (χ0n) is 25.6. The Morgan fingerprint density at radius 2 is 1.44 bits per heavy atom. The Morgan fingerprint density at radius 3 is 1.95 bits per heavy atom. The molecule has 2 aliphatic rings. The van der Waals surface area contributed by atoms with Gasteiger partial charge in [0.05, 0.1) is 40.1 Å². The molecule has 10 nitrogen and oxygen atoms in total. The van der Waals surface area contributed by atoms with Crippen LogP contribution < -0.4 is 9.47 Å². The van der Waals surface area contributed by atoms with E-state index in [0.717, 1.165) is 22.6 Å². The maximum absolute atomic E-state index is 13.0. The lowest BCUT2D eigenvalue weighted by Crippen LogP contribution is -2.56. The Hall–Kier alpha value is -3.12. The highest BCUT2D eigenvalue weighted by atomic mass is 32.2. The van der Waals surface area contributed by atoms with Gasteiger partial charge in [-0.1, -0.05) is 36.0 Å². The van der Waals surface area contributed by atoms with E-state index in [1.807, 2.05) is 69.3 Å². The average Bonchev–Trinajstić information content (AvgIpc) is 3.42. The van der Waals surface area contributed by atoms with Gasteiger partial charge in [-0.2, -0.15) is 0 Å². The molecule has 234 valence electrons. The van der Waals surface area contributed by atoms with E-state index in [-0.39, 0.29) is 30.6 Å². The minimum absolute atomic E-state index is 0.147. The maximum Gasteiger partial charge on any atom is 0.363 e. The van der Waals surface area contributed by atoms with Gasteiger partial charge in [0, 0.05) is 6.42 Å². The summed E-state index contributed by atoms with van der Waals surface area (Å²) in [6, 6.07) is 14.7. The second kappa shape index (κ2) is 15.1. The Kier molecular flexibility index (Phi) is 11.5. The minimum Gasteiger partial charge on any atom is -0.497 e. The minimum atomic E-state index is -0.675. The fourth-order valence-corrected chi connectivity index (χ4v) is 5.86. The van der Waals surface area contributed by atoms with Crippen molar-refractivity contribution < 1.29 is 42.7 Å². The van der Waals surface area contributed by atoms with E-state index in [0.29, 0.717) is 13.0 Å². The number of ether oxygens (including phenoxy) is 7. The van der Waals surface area contributed by atoms with Gasteiger partial charge in [-0.3, -0.25) is 9.79 Å². The zero-order chi connectivity index (χ0) is 31.0. The number of aliphatic imine (C=N–C) groups is 1. The monoisotopic (exact) mass is 615 g/mol. The third kappa shape index (κ3) is 9.18. The first kappa shape index (κ1) is 32.8. The lowest BCUT2D eigenvalue weighted by Gasteiger charge is -2.43. The highest BCUT2D eigenvalue weighted by molar-refractivity contribution is 8.16. The first-order valence-electron chi connectivity index (χ1n) is 14.4. The Morgan fingerprint density at radius 1 is 0.884 bits per heavy atom. The van der Waals surface area contributed by atoms with Gasteiger partial charge in [-0.05, 0) is 69.5 Å². The number of benzene rings is 2. The number of esters is 2. The Labute approximate surface area is 257 Å². The predicted molar refractivity (Wildman–Crippen MR) is 162 cm³/mol. The van der Waals surface area contributed by atoms with Crippen molar-refractivity contribution in [3.8, 4) is 11.5 Å². The van der Waals surface area contributed by atoms with E-state index >= 15 is 0 Å². The lowest BCUT2D eigenvalue weighted by molar-refractivity contribution is -0.200. The third-order valence-electron chi connectivity index (χ3n) is 6.82. The predicted octanol–water partition coefficient (Wildman–Crippen LogP) is 5.10. The van der Waals surface area contributed by atoms with Crippen LogP contribution in [0.25, 0.3) is 0 Å². The number of nitrogens with zero attached hydrogens (tertiary/aromatic N) is 1. The molecule has 0 unspecified atom stereocenters. The first-order chi connectivity index (χ1) is 20.6. The molecular formula is C32H41NO9S. The SMILES string of the molecule is CCOC(=O)CC[C@H]1O[C@@H]2SC(C(=O)OC(C)(C)C)=N[C@@H]2[C@@H](OCc2ccc(OC)cc2)[C@@H]1OCc1ccc(OC)cc1. The van der Waals surface area contributed by atoms with Crippen LogP contribution in [-0.4, -0.2) is 73.2 Å². The van der Waals surface area contributed by atoms with Crippen molar-refractivity contribution >= 4 is 28.7 Å². The van der Waals surface area contributed by atoms with Crippen molar-refractivity contribution in [2.75, 3.05) is 20.8 Å². The fraction of sp³-hybridized carbons (Fsp3) is 0.531. The van der Waals surface area contributed by atoms with E-state index in [4.69, 9.17) is 38.2 Å². The molecule has 1 fully saturated rings. The fourth-order valence-electron chi connectivity index (χ4n) is 4.77. The summed E-state index contributed by atoms with van der Waals surface area (Å²) < 4.78 is 40.9. The number of fused-ring (bicyclic) bond motifs is 1. The molecule has 0 aromatic heterocycles. The van der Waals surface area contributed by atoms with Crippen LogP contribution in [0.4, 0.5) is 0 Å². The molecule has 0 N–H and O–H groups in total. The van der Waals surface area contributed by atoms with Gasteiger partial charge in [0.15, 0.2) is 5.04 Å². The van der Waals surface area contributed by atoms with Gasteiger partial charge in [-0.15, -0.1) is 0 Å². The number of hydrogen-bond donors (Lipinski definition) is 0. The normalized spacial score (nSPS) is 23.2. The highest BCUT2D eigenvalue weighted by Crippen LogP contribution is 2.41. The van der Waals surface area contributed by atoms with E-state index in [1.54, 1.807) is 21.1 Å². The molecule has 0 aliphatic carbocycles. The maximum atomic E-state index is 13.0. The largest absolute Gasteiger partial charge is 0.497 e. The van der Waals surface area contributed by atoms with Crippen molar-refractivity contribution in [2.24, 2.45) is 4.99 Å². The summed E-state index contributed by atoms with van der Waals surface area (Å²) >= 11 is 1.21. The number of hydrogen-bond acceptors (Lipinski definition) is 11. The Balaban J connectivity index is 1.61. The van der Waals surface area contributed by atoms with Crippen LogP contribution in [-0.2, 0) is 46.5 Å². The van der Waals surface area contributed by atoms with E-state index in [2.05, 4.69) is 0 Å². The molecule has 4 rings (SSSR count). The summed E-state index contributed by atoms with van der Waals surface area (Å²) in [4.78, 5) is 30.0. The third-order valence-corrected chi connectivity index (χ3v) is 7.94. The molecule has 2 heterocycles. The van der Waals surface area contributed by atoms with Crippen molar-refractivity contribution in [3.05, 3.63) is 59.7 Å². The summed E-state index contributed by atoms with van der Waals surface area (Å²) in [6.45, 7) is 8.03. The summed E-state index contributed by atoms with van der Waals surface area (Å²) in [7, 11) is 3.23. The first-order valence-corrected chi connectivity index (χ1v) is 15.3. The van der Waals surface area contributed by atoms with Gasteiger partial charge < -0.3 is 33.2 Å². The topological polar surface area (TPSA) is 111 Å². The second-order valence-corrected chi connectivity index (χ2v) is 12.3. The molecule has 43 heavy (non-hydrogen) atoms. The van der Waals surface area contributed by atoms with Crippen LogP contribution >= 0.6 is 11.8 Å². The number of carbonyl (C=O) groups is 2. The molecule has 2 aromatic rings. The number of thioether (sulfide) groups is 1. The van der Waals surface area contributed by atoms with Crippen molar-refractivity contribution in [1.82, 2.24) is 0 Å². The molecule has 0 saturated carbocycles. The number of methoxy groups -OCH3 is 2. The van der Waals surface area contributed by atoms with Crippen LogP contribution in [0.3, 0.4) is 0 Å². The second-order valence-electron chi connectivity index (χ2n) is 11.2. The molecule has 0 bridgehead atoms. The van der Waals surface area contributed by atoms with Gasteiger partial charge in [0.2, 0.25) is 0 Å². The van der Waals surface area contributed by atoms with Crippen LogP contribution in [0.5, 0.6) is 11.5 Å². The zero-order valence-corrected chi connectivity index (χ0v) is 26.4. The molecule has 2 aliphatic heterocycles. The molecule has 1 saturated heterocycles. The van der Waals surface area contributed by atoms with Crippen LogP contribution in [0.2, 0.25) is 0 Å². The lowest BCUT2D eigenvalue weighted by atomic mass is 9.94. The Bertz CT molecular complexity index is 1240. The van der Waals surface area contributed by atoms with Gasteiger partial charge in [-0.25, -0.2) is 4.79 Å². The smallest absolute Gasteiger partial charge is 0.363 e. The van der Waals surface area contributed by atoms with Crippen LogP contribution in [0, 0.1) is 0 Å². The quantitative estimate of drug-likeness (QED) is 0.282. The molecule has 0 amide bonds. The summed E-state index contributed by atoms with van der Waals surface area (Å²) in [6.07, 6.45) is -1.21. The van der Waals surface area contributed by atoms with Crippen LogP contribution in [0.1, 0.15) is 51.7 Å². The molecule has 0 radical (unpaired) electrons. The van der Waals surface area contributed by atoms with Gasteiger partial charge in [0.1, 0.15) is 40.8 Å². The summed E-state index contributed by atoms with van der Waals surface area (Å²) in [5.74, 6) is 0.659. The number of carbonyl (C=O) groups excluding carboxylic acids is 2. The summed E-state index contributed by atoms with van der Waals surface area (Å²) in [5, 5.41) is 0.225. The van der Waals surface area contributed by atoms with E-state index < -0.39 is 41.4 Å². The molecule has 5 atom stereocenters. The van der Waals surface area contributed by atoms with Gasteiger partial charge in [0.25, 0.3) is 0 Å². The molecule has 2 aromatic carbocycles. The van der Waals surface area contributed by atoms with Crippen molar-refractivity contribution in [1.29, 1.82) is 0 Å². The van der Waals surface area contributed by atoms with Gasteiger partial charge >= 0.3 is 11.9 Å². The molecular weight excluding hydrogens is 574 g/mol. The highest BCUT2D eigenvalue weighted by Gasteiger charge is 2.52. The summed E-state index contributed by atoms with van der Waals surface area (Å²) in [5.41, 5.74) is 0.671. The molecule has 11 heteroatoms. The standard InChI is InChI=1S/C32H41NO9S/c1-7-38-25(34)17-16-24-27(39-18-20-8-12-22(36-5)13-9-20)28(40-19-21-10-14-23(37-6)15-11-21)26-31(41-24)43-29(33-26)30(35)42-32(2,3)4/h8-15,24,26-28,31H,7,16-19H2,1-6H3/t24-,26-,27-,28-,31-/m1/s1. The van der Waals surface area contributed by atoms with Crippen molar-refractivity contribution in [3.63, 3.8) is 0 Å². The van der Waals surface area contributed by atoms with Crippen LogP contribution in [0.15, 0.2) is 53.5 Å².